The van der Waals surface area contributed by atoms with Crippen LogP contribution in [0.1, 0.15) is 34.3 Å². The van der Waals surface area contributed by atoms with Crippen molar-refractivity contribution in [2.45, 2.75) is 30.6 Å². The van der Waals surface area contributed by atoms with Crippen molar-refractivity contribution in [1.82, 2.24) is 9.80 Å². The fourth-order valence-electron chi connectivity index (χ4n) is 4.17. The number of carbonyl (C=O) groups excluding carboxylic acids is 2. The van der Waals surface area contributed by atoms with Crippen molar-refractivity contribution in [2.75, 3.05) is 31.9 Å². The first-order valence-electron chi connectivity index (χ1n) is 10.5. The Labute approximate surface area is 181 Å². The van der Waals surface area contributed by atoms with Crippen molar-refractivity contribution in [2.24, 2.45) is 0 Å². The van der Waals surface area contributed by atoms with E-state index in [4.69, 9.17) is 0 Å². The normalized spacial score (nSPS) is 16.3. The zero-order valence-corrected chi connectivity index (χ0v) is 18.0. The molecule has 6 nitrogen and oxygen atoms in total. The first kappa shape index (κ1) is 21.5. The van der Waals surface area contributed by atoms with Gasteiger partial charge in [0, 0.05) is 38.2 Å². The van der Waals surface area contributed by atoms with Crippen molar-refractivity contribution in [3.63, 3.8) is 0 Å². The summed E-state index contributed by atoms with van der Waals surface area (Å²) in [6.45, 7) is 1.42. The Hall–Kier alpha value is -2.74. The average Bonchev–Trinajstić information content (AvgIpc) is 3.26. The van der Waals surface area contributed by atoms with E-state index in [1.54, 1.807) is 21.9 Å². The second-order valence-electron chi connectivity index (χ2n) is 8.03. The van der Waals surface area contributed by atoms with E-state index in [9.17, 15) is 22.4 Å². The Morgan fingerprint density at radius 2 is 1.52 bits per heavy atom. The molecule has 0 aromatic heterocycles. The van der Waals surface area contributed by atoms with Crippen LogP contribution in [-0.2, 0) is 27.5 Å². The van der Waals surface area contributed by atoms with Gasteiger partial charge in [0.15, 0.2) is 9.84 Å². The largest absolute Gasteiger partial charge is 0.339 e. The molecule has 0 unspecified atom stereocenters. The SMILES string of the molecule is O=C(CCS(=O)(=O)c1ccc2c(c1)CCC2)N1CCN(C(=O)c2ccc(F)cc2)CC1. The molecular formula is C23H25FN2O4S. The molecule has 1 heterocycles. The maximum atomic E-state index is 13.0. The molecule has 1 saturated heterocycles. The summed E-state index contributed by atoms with van der Waals surface area (Å²) in [6.07, 6.45) is 2.86. The first-order valence-corrected chi connectivity index (χ1v) is 12.2. The van der Waals surface area contributed by atoms with Crippen LogP contribution in [0.3, 0.4) is 0 Å². The summed E-state index contributed by atoms with van der Waals surface area (Å²) in [5.74, 6) is -1.05. The highest BCUT2D eigenvalue weighted by atomic mass is 32.2. The molecular weight excluding hydrogens is 419 g/mol. The van der Waals surface area contributed by atoms with Crippen LogP contribution in [0.25, 0.3) is 0 Å². The van der Waals surface area contributed by atoms with Crippen LogP contribution < -0.4 is 0 Å². The van der Waals surface area contributed by atoms with Gasteiger partial charge in [-0.05, 0) is 66.8 Å². The van der Waals surface area contributed by atoms with Crippen molar-refractivity contribution in [3.05, 3.63) is 65.0 Å². The zero-order valence-electron chi connectivity index (χ0n) is 17.2. The number of sulfone groups is 1. The highest BCUT2D eigenvalue weighted by molar-refractivity contribution is 7.91. The van der Waals surface area contributed by atoms with E-state index in [1.165, 1.54) is 29.8 Å². The van der Waals surface area contributed by atoms with Gasteiger partial charge in [0.1, 0.15) is 5.82 Å². The Balaban J connectivity index is 1.30. The van der Waals surface area contributed by atoms with Gasteiger partial charge in [-0.3, -0.25) is 9.59 Å². The fourth-order valence-corrected chi connectivity index (χ4v) is 5.45. The Morgan fingerprint density at radius 1 is 0.871 bits per heavy atom. The van der Waals surface area contributed by atoms with Crippen molar-refractivity contribution in [1.29, 1.82) is 0 Å². The van der Waals surface area contributed by atoms with Crippen LogP contribution in [0.4, 0.5) is 4.39 Å². The molecule has 0 atom stereocenters. The summed E-state index contributed by atoms with van der Waals surface area (Å²) < 4.78 is 38.4. The molecule has 31 heavy (non-hydrogen) atoms. The van der Waals surface area contributed by atoms with Gasteiger partial charge in [0.05, 0.1) is 10.6 Å². The lowest BCUT2D eigenvalue weighted by molar-refractivity contribution is -0.132. The van der Waals surface area contributed by atoms with Crippen LogP contribution >= 0.6 is 0 Å². The van der Waals surface area contributed by atoms with Gasteiger partial charge in [-0.25, -0.2) is 12.8 Å². The van der Waals surface area contributed by atoms with Gasteiger partial charge < -0.3 is 9.80 Å². The van der Waals surface area contributed by atoms with Crippen LogP contribution in [0.2, 0.25) is 0 Å². The predicted octanol–water partition coefficient (Wildman–Crippen LogP) is 2.46. The Morgan fingerprint density at radius 3 is 2.23 bits per heavy atom. The molecule has 164 valence electrons. The Kier molecular flexibility index (Phi) is 6.09. The number of fused-ring (bicyclic) bond motifs is 1. The van der Waals surface area contributed by atoms with E-state index in [2.05, 4.69) is 0 Å². The number of hydrogen-bond donors (Lipinski definition) is 0. The lowest BCUT2D eigenvalue weighted by Gasteiger charge is -2.35. The average molecular weight is 445 g/mol. The molecule has 2 aromatic carbocycles. The number of carbonyl (C=O) groups is 2. The van der Waals surface area contributed by atoms with Crippen LogP contribution in [0, 0.1) is 5.82 Å². The third-order valence-electron chi connectivity index (χ3n) is 6.02. The predicted molar refractivity (Wildman–Crippen MR) is 114 cm³/mol. The van der Waals surface area contributed by atoms with Gasteiger partial charge in [-0.15, -0.1) is 0 Å². The molecule has 4 rings (SSSR count). The first-order chi connectivity index (χ1) is 14.8. The fraction of sp³-hybridized carbons (Fsp3) is 0.391. The highest BCUT2D eigenvalue weighted by Crippen LogP contribution is 2.25. The second-order valence-corrected chi connectivity index (χ2v) is 10.1. The summed E-state index contributed by atoms with van der Waals surface area (Å²) in [5, 5.41) is 0. The second kappa shape index (κ2) is 8.78. The molecule has 1 fully saturated rings. The minimum absolute atomic E-state index is 0.0780. The van der Waals surface area contributed by atoms with Gasteiger partial charge in [0.25, 0.3) is 5.91 Å². The summed E-state index contributed by atoms with van der Waals surface area (Å²) in [5.41, 5.74) is 2.71. The molecule has 2 aromatic rings. The monoisotopic (exact) mass is 444 g/mol. The number of nitrogens with zero attached hydrogens (tertiary/aromatic N) is 2. The maximum Gasteiger partial charge on any atom is 0.253 e. The smallest absolute Gasteiger partial charge is 0.253 e. The summed E-state index contributed by atoms with van der Waals surface area (Å²) >= 11 is 0. The van der Waals surface area contributed by atoms with Crippen LogP contribution in [-0.4, -0.2) is 62.0 Å². The lowest BCUT2D eigenvalue weighted by atomic mass is 10.1. The van der Waals surface area contributed by atoms with Crippen molar-refractivity contribution < 1.29 is 22.4 Å². The number of halogens is 1. The van der Waals surface area contributed by atoms with Gasteiger partial charge in [-0.1, -0.05) is 6.07 Å². The zero-order chi connectivity index (χ0) is 22.0. The van der Waals surface area contributed by atoms with Gasteiger partial charge >= 0.3 is 0 Å². The molecule has 0 bridgehead atoms. The number of amides is 2. The molecule has 1 aliphatic carbocycles. The maximum absolute atomic E-state index is 13.0. The number of hydrogen-bond acceptors (Lipinski definition) is 4. The van der Waals surface area contributed by atoms with Crippen LogP contribution in [0.15, 0.2) is 47.4 Å². The molecule has 0 N–H and O–H groups in total. The van der Waals surface area contributed by atoms with Gasteiger partial charge in [-0.2, -0.15) is 0 Å². The topological polar surface area (TPSA) is 74.8 Å². The van der Waals surface area contributed by atoms with E-state index in [0.717, 1.165) is 24.8 Å². The molecule has 2 amide bonds. The van der Waals surface area contributed by atoms with E-state index >= 15 is 0 Å². The summed E-state index contributed by atoms with van der Waals surface area (Å²) in [6, 6.07) is 10.7. The highest BCUT2D eigenvalue weighted by Gasteiger charge is 2.26. The summed E-state index contributed by atoms with van der Waals surface area (Å²) in [4.78, 5) is 28.6. The lowest BCUT2D eigenvalue weighted by Crippen LogP contribution is -2.50. The molecule has 0 spiro atoms. The van der Waals surface area contributed by atoms with E-state index in [1.807, 2.05) is 6.07 Å². The molecule has 8 heteroatoms. The minimum atomic E-state index is -3.52. The number of aryl methyl sites for hydroxylation is 2. The molecule has 2 aliphatic rings. The summed E-state index contributed by atoms with van der Waals surface area (Å²) in [7, 11) is -3.52. The number of piperazine rings is 1. The van der Waals surface area contributed by atoms with Crippen molar-refractivity contribution in [3.8, 4) is 0 Å². The number of benzene rings is 2. The van der Waals surface area contributed by atoms with Gasteiger partial charge in [0.2, 0.25) is 5.91 Å². The van der Waals surface area contributed by atoms with E-state index in [-0.39, 0.29) is 28.9 Å². The van der Waals surface area contributed by atoms with E-state index in [0.29, 0.717) is 31.7 Å². The third kappa shape index (κ3) is 4.79. The van der Waals surface area contributed by atoms with Crippen molar-refractivity contribution >= 4 is 21.7 Å². The van der Waals surface area contributed by atoms with E-state index < -0.39 is 15.7 Å². The Bertz CT molecular complexity index is 1090. The van der Waals surface area contributed by atoms with Crippen LogP contribution in [0.5, 0.6) is 0 Å². The molecule has 1 aliphatic heterocycles. The standard InChI is InChI=1S/C23H25FN2O4S/c24-20-7-4-18(5-8-20)23(28)26-13-11-25(12-14-26)22(27)10-15-31(29,30)21-9-6-17-2-1-3-19(17)16-21/h4-9,16H,1-3,10-15H2. The number of rotatable bonds is 5. The molecule has 0 radical (unpaired) electrons. The third-order valence-corrected chi connectivity index (χ3v) is 7.74. The molecule has 0 saturated carbocycles. The quantitative estimate of drug-likeness (QED) is 0.710. The minimum Gasteiger partial charge on any atom is -0.339 e.